The molecule has 0 spiro atoms. The van der Waals surface area contributed by atoms with Crippen LogP contribution in [0, 0.1) is 5.92 Å². The molecule has 1 nitrogen and oxygen atoms in total. The number of thioether (sulfide) groups is 1. The summed E-state index contributed by atoms with van der Waals surface area (Å²) in [5, 5.41) is 6.27. The van der Waals surface area contributed by atoms with Gasteiger partial charge in [-0.25, -0.2) is 0 Å². The SMILES string of the molecule is CSCC(C)CNC(C)c1ccc2ccccc2c1. The number of hydrogen-bond donors (Lipinski definition) is 1. The van der Waals surface area contributed by atoms with Gasteiger partial charge in [0.05, 0.1) is 0 Å². The molecule has 1 N–H and O–H groups in total. The van der Waals surface area contributed by atoms with E-state index in [0.717, 1.165) is 12.5 Å². The fraction of sp³-hybridized carbons (Fsp3) is 0.412. The summed E-state index contributed by atoms with van der Waals surface area (Å²) in [6.45, 7) is 5.63. The molecule has 0 amide bonds. The van der Waals surface area contributed by atoms with Crippen LogP contribution in [-0.2, 0) is 0 Å². The number of rotatable bonds is 6. The molecule has 0 heterocycles. The Balaban J connectivity index is 2.02. The van der Waals surface area contributed by atoms with Crippen molar-refractivity contribution in [3.63, 3.8) is 0 Å². The number of benzene rings is 2. The van der Waals surface area contributed by atoms with Crippen LogP contribution in [0.3, 0.4) is 0 Å². The van der Waals surface area contributed by atoms with Crippen LogP contribution in [0.4, 0.5) is 0 Å². The van der Waals surface area contributed by atoms with Crippen LogP contribution in [0.25, 0.3) is 10.8 Å². The Morgan fingerprint density at radius 1 is 1.05 bits per heavy atom. The Labute approximate surface area is 120 Å². The van der Waals surface area contributed by atoms with Crippen LogP contribution in [0.15, 0.2) is 42.5 Å². The summed E-state index contributed by atoms with van der Waals surface area (Å²) in [4.78, 5) is 0. The van der Waals surface area contributed by atoms with Gasteiger partial charge < -0.3 is 5.32 Å². The molecule has 2 rings (SSSR count). The third-order valence-electron chi connectivity index (χ3n) is 3.50. The zero-order valence-corrected chi connectivity index (χ0v) is 12.8. The second-order valence-electron chi connectivity index (χ2n) is 5.30. The van der Waals surface area contributed by atoms with E-state index >= 15 is 0 Å². The lowest BCUT2D eigenvalue weighted by Gasteiger charge is -2.18. The summed E-state index contributed by atoms with van der Waals surface area (Å²) in [7, 11) is 0. The van der Waals surface area contributed by atoms with Crippen molar-refractivity contribution in [1.82, 2.24) is 5.32 Å². The first kappa shape index (κ1) is 14.4. The van der Waals surface area contributed by atoms with Crippen LogP contribution < -0.4 is 5.32 Å². The van der Waals surface area contributed by atoms with Gasteiger partial charge in [-0.3, -0.25) is 0 Å². The molecule has 2 atom stereocenters. The predicted molar refractivity (Wildman–Crippen MR) is 87.9 cm³/mol. The van der Waals surface area contributed by atoms with Crippen LogP contribution >= 0.6 is 11.8 Å². The van der Waals surface area contributed by atoms with E-state index < -0.39 is 0 Å². The number of nitrogens with one attached hydrogen (secondary N) is 1. The molecule has 0 aliphatic carbocycles. The van der Waals surface area contributed by atoms with Gasteiger partial charge in [-0.2, -0.15) is 11.8 Å². The molecule has 0 fully saturated rings. The minimum atomic E-state index is 0.411. The van der Waals surface area contributed by atoms with Gasteiger partial charge in [0.1, 0.15) is 0 Å². The predicted octanol–water partition coefficient (Wildman–Crippen LogP) is 4.49. The Hall–Kier alpha value is -0.990. The summed E-state index contributed by atoms with van der Waals surface area (Å²) in [6.07, 6.45) is 2.17. The first-order chi connectivity index (χ1) is 9.20. The van der Waals surface area contributed by atoms with Crippen molar-refractivity contribution in [1.29, 1.82) is 0 Å². The Morgan fingerprint density at radius 2 is 1.79 bits per heavy atom. The van der Waals surface area contributed by atoms with E-state index in [2.05, 4.69) is 67.9 Å². The van der Waals surface area contributed by atoms with E-state index in [-0.39, 0.29) is 0 Å². The molecule has 0 aliphatic rings. The Bertz CT molecular complexity index is 523. The van der Waals surface area contributed by atoms with Crippen molar-refractivity contribution in [3.05, 3.63) is 48.0 Å². The first-order valence-electron chi connectivity index (χ1n) is 6.91. The Morgan fingerprint density at radius 3 is 2.53 bits per heavy atom. The monoisotopic (exact) mass is 273 g/mol. The zero-order valence-electron chi connectivity index (χ0n) is 12.0. The highest BCUT2D eigenvalue weighted by Gasteiger charge is 2.07. The highest BCUT2D eigenvalue weighted by Crippen LogP contribution is 2.20. The second-order valence-corrected chi connectivity index (χ2v) is 6.21. The molecule has 102 valence electrons. The van der Waals surface area contributed by atoms with Gasteiger partial charge in [0.15, 0.2) is 0 Å². The minimum Gasteiger partial charge on any atom is -0.310 e. The van der Waals surface area contributed by atoms with Crippen LogP contribution in [0.5, 0.6) is 0 Å². The number of fused-ring (bicyclic) bond motifs is 1. The van der Waals surface area contributed by atoms with Gasteiger partial charge in [-0.05, 0) is 53.8 Å². The maximum Gasteiger partial charge on any atom is 0.0292 e. The van der Waals surface area contributed by atoms with E-state index in [9.17, 15) is 0 Å². The molecular weight excluding hydrogens is 250 g/mol. The molecule has 0 aromatic heterocycles. The van der Waals surface area contributed by atoms with Crippen LogP contribution in [0.1, 0.15) is 25.5 Å². The zero-order chi connectivity index (χ0) is 13.7. The highest BCUT2D eigenvalue weighted by atomic mass is 32.2. The maximum absolute atomic E-state index is 3.63. The fourth-order valence-electron chi connectivity index (χ4n) is 2.32. The third-order valence-corrected chi connectivity index (χ3v) is 4.40. The molecule has 0 aliphatic heterocycles. The maximum atomic E-state index is 3.63. The smallest absolute Gasteiger partial charge is 0.0292 e. The van der Waals surface area contributed by atoms with Gasteiger partial charge in [-0.15, -0.1) is 0 Å². The fourth-order valence-corrected chi connectivity index (χ4v) is 3.00. The summed E-state index contributed by atoms with van der Waals surface area (Å²) in [5.41, 5.74) is 1.37. The van der Waals surface area contributed by atoms with Crippen molar-refractivity contribution in [2.24, 2.45) is 5.92 Å². The quantitative estimate of drug-likeness (QED) is 0.832. The van der Waals surface area contributed by atoms with E-state index in [1.54, 1.807) is 0 Å². The van der Waals surface area contributed by atoms with E-state index in [4.69, 9.17) is 0 Å². The van der Waals surface area contributed by atoms with Crippen LogP contribution in [-0.4, -0.2) is 18.6 Å². The standard InChI is InChI=1S/C17H23NS/c1-13(12-19-3)11-18-14(2)16-9-8-15-6-4-5-7-17(15)10-16/h4-10,13-14,18H,11-12H2,1-3H3. The van der Waals surface area contributed by atoms with Crippen molar-refractivity contribution >= 4 is 22.5 Å². The van der Waals surface area contributed by atoms with Gasteiger partial charge in [-0.1, -0.05) is 43.3 Å². The van der Waals surface area contributed by atoms with Crippen molar-refractivity contribution in [2.45, 2.75) is 19.9 Å². The lowest BCUT2D eigenvalue weighted by atomic mass is 10.0. The molecular formula is C17H23NS. The minimum absolute atomic E-state index is 0.411. The average Bonchev–Trinajstić information content (AvgIpc) is 2.44. The molecule has 0 saturated carbocycles. The van der Waals surface area contributed by atoms with Gasteiger partial charge >= 0.3 is 0 Å². The lowest BCUT2D eigenvalue weighted by molar-refractivity contribution is 0.501. The number of hydrogen-bond acceptors (Lipinski definition) is 2. The summed E-state index contributed by atoms with van der Waals surface area (Å²) in [5.74, 6) is 1.94. The lowest BCUT2D eigenvalue weighted by Crippen LogP contribution is -2.25. The van der Waals surface area contributed by atoms with E-state index in [0.29, 0.717) is 6.04 Å². The van der Waals surface area contributed by atoms with E-state index in [1.165, 1.54) is 22.1 Å². The topological polar surface area (TPSA) is 12.0 Å². The molecule has 19 heavy (non-hydrogen) atoms. The van der Waals surface area contributed by atoms with Gasteiger partial charge in [0, 0.05) is 6.04 Å². The Kier molecular flexibility index (Phi) is 5.29. The molecule has 0 saturated heterocycles. The van der Waals surface area contributed by atoms with Crippen molar-refractivity contribution in [3.8, 4) is 0 Å². The summed E-state index contributed by atoms with van der Waals surface area (Å²) in [6, 6.07) is 15.7. The normalized spacial score (nSPS) is 14.5. The van der Waals surface area contributed by atoms with E-state index in [1.807, 2.05) is 11.8 Å². The van der Waals surface area contributed by atoms with Crippen molar-refractivity contribution in [2.75, 3.05) is 18.6 Å². The molecule has 2 aromatic rings. The summed E-state index contributed by atoms with van der Waals surface area (Å²) >= 11 is 1.92. The average molecular weight is 273 g/mol. The van der Waals surface area contributed by atoms with Crippen LogP contribution in [0.2, 0.25) is 0 Å². The molecule has 0 radical (unpaired) electrons. The largest absolute Gasteiger partial charge is 0.310 e. The first-order valence-corrected chi connectivity index (χ1v) is 8.31. The van der Waals surface area contributed by atoms with Crippen molar-refractivity contribution < 1.29 is 0 Å². The van der Waals surface area contributed by atoms with Gasteiger partial charge in [0.25, 0.3) is 0 Å². The third kappa shape index (κ3) is 3.99. The highest BCUT2D eigenvalue weighted by molar-refractivity contribution is 7.98. The molecule has 0 bridgehead atoms. The second kappa shape index (κ2) is 6.97. The molecule has 2 heteroatoms. The summed E-state index contributed by atoms with van der Waals surface area (Å²) < 4.78 is 0. The molecule has 2 aromatic carbocycles. The van der Waals surface area contributed by atoms with Gasteiger partial charge in [0.2, 0.25) is 0 Å². The molecule has 2 unspecified atom stereocenters.